The van der Waals surface area contributed by atoms with Crippen molar-refractivity contribution in [3.05, 3.63) is 41.8 Å². The van der Waals surface area contributed by atoms with Crippen LogP contribution in [0.1, 0.15) is 6.42 Å². The largest absolute Gasteiger partial charge is 0.607 e. The second-order valence-electron chi connectivity index (χ2n) is 3.91. The van der Waals surface area contributed by atoms with Crippen LogP contribution >= 0.6 is 0 Å². The summed E-state index contributed by atoms with van der Waals surface area (Å²) in [6.45, 7) is 0. The number of carboxylic acid groups (broad SMARTS) is 2. The van der Waals surface area contributed by atoms with Gasteiger partial charge in [0.1, 0.15) is 11.4 Å². The number of aliphatic carboxylic acids is 2. The van der Waals surface area contributed by atoms with Crippen LogP contribution in [0.2, 0.25) is 0 Å². The van der Waals surface area contributed by atoms with Crippen LogP contribution in [0.4, 0.5) is 0 Å². The lowest BCUT2D eigenvalue weighted by atomic mass is 10.2. The van der Waals surface area contributed by atoms with E-state index < -0.39 is 41.5 Å². The number of carbonyl (C=O) groups excluding carboxylic acids is 1. The third kappa shape index (κ3) is 6.11. The van der Waals surface area contributed by atoms with Crippen LogP contribution in [0.25, 0.3) is 0 Å². The molecule has 0 spiro atoms. The molecule has 1 unspecified atom stereocenters. The van der Waals surface area contributed by atoms with Crippen LogP contribution in [0.3, 0.4) is 0 Å². The first-order valence-electron chi connectivity index (χ1n) is 5.79. The number of benzene rings is 1. The molecule has 0 heterocycles. The molecule has 1 rings (SSSR count). The molecule has 0 fully saturated rings. The summed E-state index contributed by atoms with van der Waals surface area (Å²) in [6, 6.07) is 6.82. The Hall–Kier alpha value is -2.32. The fraction of sp³-hybridized carbons (Fsp3) is 0.154. The van der Waals surface area contributed by atoms with E-state index in [1.165, 1.54) is 0 Å². The number of carbonyl (C=O) groups is 3. The van der Waals surface area contributed by atoms with E-state index in [0.717, 1.165) is 11.5 Å². The molecule has 8 heteroatoms. The Morgan fingerprint density at radius 1 is 1.24 bits per heavy atom. The number of nitrogens with one attached hydrogen (secondary N) is 1. The normalized spacial score (nSPS) is 13.6. The van der Waals surface area contributed by atoms with Gasteiger partial charge in [0.25, 0.3) is 0 Å². The molecular formula is C13H13NO6S. The van der Waals surface area contributed by atoms with Gasteiger partial charge in [-0.15, -0.1) is 0 Å². The maximum absolute atomic E-state index is 11.8. The summed E-state index contributed by atoms with van der Waals surface area (Å²) in [6.07, 6.45) is 0.178. The number of carboxylic acids is 2. The molecule has 0 bridgehead atoms. The molecule has 1 aromatic rings. The maximum Gasteiger partial charge on any atom is 0.326 e. The molecule has 0 aliphatic carbocycles. The van der Waals surface area contributed by atoms with Gasteiger partial charge in [-0.25, -0.2) is 4.79 Å². The molecule has 0 aliphatic rings. The van der Waals surface area contributed by atoms with Crippen LogP contribution in [-0.4, -0.2) is 38.7 Å². The van der Waals surface area contributed by atoms with Crippen molar-refractivity contribution in [2.24, 2.45) is 0 Å². The molecule has 0 radical (unpaired) electrons. The summed E-state index contributed by atoms with van der Waals surface area (Å²) >= 11 is -1.55. The van der Waals surface area contributed by atoms with E-state index >= 15 is 0 Å². The minimum atomic E-state index is -1.55. The molecule has 0 saturated heterocycles. The lowest BCUT2D eigenvalue weighted by Gasteiger charge is -2.10. The highest BCUT2D eigenvalue weighted by molar-refractivity contribution is 7.94. The number of amides is 1. The summed E-state index contributed by atoms with van der Waals surface area (Å²) < 4.78 is 11.8. The van der Waals surface area contributed by atoms with Gasteiger partial charge >= 0.3 is 11.9 Å². The summed E-state index contributed by atoms with van der Waals surface area (Å²) in [5.74, 6) is -3.63. The fourth-order valence-electron chi connectivity index (χ4n) is 1.35. The van der Waals surface area contributed by atoms with E-state index in [2.05, 4.69) is 0 Å². The molecular weight excluding hydrogens is 298 g/mol. The Labute approximate surface area is 123 Å². The molecule has 0 saturated carbocycles. The lowest BCUT2D eigenvalue weighted by Crippen LogP contribution is -2.41. The first kappa shape index (κ1) is 16.7. The van der Waals surface area contributed by atoms with Gasteiger partial charge in [0.05, 0.1) is 12.5 Å². The highest BCUT2D eigenvalue weighted by Gasteiger charge is 2.22. The van der Waals surface area contributed by atoms with E-state index in [4.69, 9.17) is 10.2 Å². The molecule has 3 N–H and O–H groups in total. The zero-order valence-corrected chi connectivity index (χ0v) is 11.6. The Kier molecular flexibility index (Phi) is 6.44. The van der Waals surface area contributed by atoms with Crippen LogP contribution in [0.15, 0.2) is 46.7 Å². The topological polar surface area (TPSA) is 127 Å². The van der Waals surface area contributed by atoms with Gasteiger partial charge in [0.15, 0.2) is 4.90 Å². The van der Waals surface area contributed by atoms with Crippen molar-refractivity contribution >= 4 is 29.0 Å². The Balaban J connectivity index is 2.61. The molecule has 2 atom stereocenters. The summed E-state index contributed by atoms with van der Waals surface area (Å²) in [4.78, 5) is 33.2. The van der Waals surface area contributed by atoms with Crippen molar-refractivity contribution in [2.75, 3.05) is 0 Å². The van der Waals surface area contributed by atoms with Crippen molar-refractivity contribution < 1.29 is 29.1 Å². The first-order valence-corrected chi connectivity index (χ1v) is 7.00. The molecule has 112 valence electrons. The molecule has 21 heavy (non-hydrogen) atoms. The Morgan fingerprint density at radius 3 is 2.38 bits per heavy atom. The van der Waals surface area contributed by atoms with E-state index in [1.54, 1.807) is 30.3 Å². The number of rotatable bonds is 7. The van der Waals surface area contributed by atoms with Gasteiger partial charge in [0, 0.05) is 11.2 Å². The number of hydrogen-bond donors (Lipinski definition) is 3. The molecule has 0 aliphatic heterocycles. The van der Waals surface area contributed by atoms with Gasteiger partial charge < -0.3 is 20.1 Å². The van der Waals surface area contributed by atoms with Crippen LogP contribution in [0.5, 0.6) is 0 Å². The van der Waals surface area contributed by atoms with Crippen molar-refractivity contribution in [3.8, 4) is 0 Å². The van der Waals surface area contributed by atoms with Crippen LogP contribution < -0.4 is 5.32 Å². The second kappa shape index (κ2) is 8.08. The minimum absolute atomic E-state index is 0.488. The Bertz CT molecular complexity index is 545. The Morgan fingerprint density at radius 2 is 1.86 bits per heavy atom. The monoisotopic (exact) mass is 311 g/mol. The van der Waals surface area contributed by atoms with Crippen molar-refractivity contribution in [1.29, 1.82) is 0 Å². The average Bonchev–Trinajstić information content (AvgIpc) is 2.44. The van der Waals surface area contributed by atoms with Gasteiger partial charge in [0.2, 0.25) is 5.91 Å². The molecule has 1 amide bonds. The SMILES string of the molecule is O=C(O)C[C@@H](NC(=O)/C=C/[S+]([O-])c1ccccc1)C(=O)O. The quantitative estimate of drug-likeness (QED) is 0.492. The zero-order valence-electron chi connectivity index (χ0n) is 10.8. The van der Waals surface area contributed by atoms with E-state index in [1.807, 2.05) is 5.32 Å². The van der Waals surface area contributed by atoms with Crippen molar-refractivity contribution in [2.45, 2.75) is 17.4 Å². The first-order chi connectivity index (χ1) is 9.90. The third-order valence-corrected chi connectivity index (χ3v) is 3.43. The summed E-state index contributed by atoms with van der Waals surface area (Å²) in [5.41, 5.74) is 0. The van der Waals surface area contributed by atoms with E-state index in [9.17, 15) is 18.9 Å². The molecule has 7 nitrogen and oxygen atoms in total. The highest BCUT2D eigenvalue weighted by Crippen LogP contribution is 2.10. The van der Waals surface area contributed by atoms with E-state index in [-0.39, 0.29) is 0 Å². The molecule has 0 aromatic heterocycles. The van der Waals surface area contributed by atoms with E-state index in [0.29, 0.717) is 4.90 Å². The summed E-state index contributed by atoms with van der Waals surface area (Å²) in [5, 5.41) is 20.4. The predicted molar refractivity (Wildman–Crippen MR) is 73.8 cm³/mol. The van der Waals surface area contributed by atoms with Gasteiger partial charge in [-0.3, -0.25) is 9.59 Å². The van der Waals surface area contributed by atoms with Crippen LogP contribution in [0, 0.1) is 0 Å². The average molecular weight is 311 g/mol. The van der Waals surface area contributed by atoms with Gasteiger partial charge in [-0.05, 0) is 12.1 Å². The molecule has 1 aromatic carbocycles. The lowest BCUT2D eigenvalue weighted by molar-refractivity contribution is -0.146. The minimum Gasteiger partial charge on any atom is -0.607 e. The van der Waals surface area contributed by atoms with Crippen molar-refractivity contribution in [1.82, 2.24) is 5.32 Å². The standard InChI is InChI=1S/C13H13NO6S/c15-11(14-10(13(18)19)8-12(16)17)6-7-21(20)9-4-2-1-3-5-9/h1-7,10H,8H2,(H,14,15)(H,16,17)(H,18,19)/b7-6+/t10-,21?/m1/s1. The van der Waals surface area contributed by atoms with Crippen LogP contribution in [-0.2, 0) is 25.6 Å². The zero-order chi connectivity index (χ0) is 15.8. The number of hydrogen-bond acceptors (Lipinski definition) is 4. The fourth-order valence-corrected chi connectivity index (χ4v) is 2.18. The highest BCUT2D eigenvalue weighted by atomic mass is 32.2. The second-order valence-corrected chi connectivity index (χ2v) is 5.25. The van der Waals surface area contributed by atoms with Gasteiger partial charge in [-0.1, -0.05) is 18.2 Å². The predicted octanol–water partition coefficient (Wildman–Crippen LogP) is 0.352. The third-order valence-electron chi connectivity index (χ3n) is 2.31. The maximum atomic E-state index is 11.8. The summed E-state index contributed by atoms with van der Waals surface area (Å²) in [7, 11) is 0. The van der Waals surface area contributed by atoms with Crippen molar-refractivity contribution in [3.63, 3.8) is 0 Å². The van der Waals surface area contributed by atoms with Gasteiger partial charge in [-0.2, -0.15) is 0 Å². The smallest absolute Gasteiger partial charge is 0.326 e.